The molecule has 0 aliphatic carbocycles. The van der Waals surface area contributed by atoms with E-state index in [0.717, 1.165) is 11.8 Å². The fraction of sp³-hybridized carbons (Fsp3) is 0.286. The van der Waals surface area contributed by atoms with Gasteiger partial charge in [0.2, 0.25) is 21.7 Å². The van der Waals surface area contributed by atoms with E-state index in [1.54, 1.807) is 29.2 Å². The maximum absolute atomic E-state index is 12.8. The molecular weight excluding hydrogens is 418 g/mol. The quantitative estimate of drug-likeness (QED) is 0.624. The lowest BCUT2D eigenvalue weighted by Gasteiger charge is -2.34. The van der Waals surface area contributed by atoms with Gasteiger partial charge in [0.15, 0.2) is 0 Å². The second-order valence-electron chi connectivity index (χ2n) is 7.40. The number of rotatable bonds is 6. The molecule has 0 radical (unpaired) electrons. The van der Waals surface area contributed by atoms with Crippen molar-refractivity contribution in [2.45, 2.75) is 6.54 Å². The monoisotopic (exact) mass is 441 g/mol. The molecule has 1 aromatic heterocycles. The molecule has 0 unspecified atom stereocenters. The summed E-state index contributed by atoms with van der Waals surface area (Å²) in [6, 6.07) is 16.2. The highest BCUT2D eigenvalue weighted by Crippen LogP contribution is 2.18. The van der Waals surface area contributed by atoms with Crippen LogP contribution in [0.3, 0.4) is 0 Å². The van der Waals surface area contributed by atoms with Crippen molar-refractivity contribution in [2.75, 3.05) is 37.2 Å². The minimum atomic E-state index is -3.40. The van der Waals surface area contributed by atoms with E-state index in [4.69, 9.17) is 4.52 Å². The Labute approximate surface area is 180 Å². The summed E-state index contributed by atoms with van der Waals surface area (Å²) in [6.45, 7) is 2.99. The first-order valence-corrected chi connectivity index (χ1v) is 11.7. The fourth-order valence-electron chi connectivity index (χ4n) is 3.44. The van der Waals surface area contributed by atoms with E-state index in [9.17, 15) is 13.2 Å². The molecule has 1 aliphatic heterocycles. The van der Waals surface area contributed by atoms with Gasteiger partial charge in [0.05, 0.1) is 12.8 Å². The van der Waals surface area contributed by atoms with Gasteiger partial charge in [-0.3, -0.25) is 14.4 Å². The van der Waals surface area contributed by atoms with E-state index in [1.165, 1.54) is 0 Å². The van der Waals surface area contributed by atoms with Crippen LogP contribution in [-0.2, 0) is 16.6 Å². The lowest BCUT2D eigenvalue weighted by molar-refractivity contribution is 0.0615. The number of carbonyl (C=O) groups is 1. The first-order valence-electron chi connectivity index (χ1n) is 9.85. The van der Waals surface area contributed by atoms with Crippen LogP contribution in [0, 0.1) is 0 Å². The van der Waals surface area contributed by atoms with E-state index in [0.29, 0.717) is 55.7 Å². The molecule has 4 rings (SSSR count). The minimum Gasteiger partial charge on any atom is -0.338 e. The van der Waals surface area contributed by atoms with Gasteiger partial charge in [-0.05, 0) is 18.2 Å². The highest BCUT2D eigenvalue weighted by molar-refractivity contribution is 7.92. The van der Waals surface area contributed by atoms with Crippen molar-refractivity contribution in [1.29, 1.82) is 0 Å². The summed E-state index contributed by atoms with van der Waals surface area (Å²) in [5.41, 5.74) is 1.73. The second kappa shape index (κ2) is 8.86. The van der Waals surface area contributed by atoms with Crippen molar-refractivity contribution < 1.29 is 17.7 Å². The van der Waals surface area contributed by atoms with Gasteiger partial charge in [0, 0.05) is 43.0 Å². The normalized spacial score (nSPS) is 15.1. The smallest absolute Gasteiger partial charge is 0.254 e. The van der Waals surface area contributed by atoms with E-state index in [-0.39, 0.29) is 5.91 Å². The standard InChI is InChI=1S/C21H23N5O4S/c1-31(28,29)24-18-9-5-8-17(14-18)21(27)26-12-10-25(11-13-26)15-19-22-20(23-30-19)16-6-3-2-4-7-16/h2-9,14,24H,10-13,15H2,1H3. The largest absolute Gasteiger partial charge is 0.338 e. The van der Waals surface area contributed by atoms with Gasteiger partial charge in [0.1, 0.15) is 0 Å². The summed E-state index contributed by atoms with van der Waals surface area (Å²) in [5, 5.41) is 4.04. The molecule has 1 aliphatic rings. The number of benzene rings is 2. The maximum Gasteiger partial charge on any atom is 0.254 e. The van der Waals surface area contributed by atoms with Crippen LogP contribution in [0.1, 0.15) is 16.2 Å². The summed E-state index contributed by atoms with van der Waals surface area (Å²) < 4.78 is 30.6. The highest BCUT2D eigenvalue weighted by Gasteiger charge is 2.24. The van der Waals surface area contributed by atoms with Gasteiger partial charge in [-0.25, -0.2) is 8.42 Å². The number of anilines is 1. The van der Waals surface area contributed by atoms with E-state index in [1.807, 2.05) is 30.3 Å². The first-order chi connectivity index (χ1) is 14.9. The summed E-state index contributed by atoms with van der Waals surface area (Å²) in [4.78, 5) is 21.2. The average Bonchev–Trinajstić information content (AvgIpc) is 3.22. The molecule has 1 fully saturated rings. The van der Waals surface area contributed by atoms with Gasteiger partial charge in [0.25, 0.3) is 5.91 Å². The van der Waals surface area contributed by atoms with Gasteiger partial charge in [-0.15, -0.1) is 0 Å². The molecule has 3 aromatic rings. The second-order valence-corrected chi connectivity index (χ2v) is 9.15. The van der Waals surface area contributed by atoms with Gasteiger partial charge in [-0.2, -0.15) is 4.98 Å². The number of hydrogen-bond donors (Lipinski definition) is 1. The lowest BCUT2D eigenvalue weighted by atomic mass is 10.1. The van der Waals surface area contributed by atoms with Crippen LogP contribution in [-0.4, -0.2) is 66.7 Å². The molecule has 162 valence electrons. The van der Waals surface area contributed by atoms with Gasteiger partial charge < -0.3 is 9.42 Å². The zero-order valence-electron chi connectivity index (χ0n) is 17.1. The highest BCUT2D eigenvalue weighted by atomic mass is 32.2. The Hall–Kier alpha value is -3.24. The topological polar surface area (TPSA) is 109 Å². The Kier molecular flexibility index (Phi) is 6.01. The SMILES string of the molecule is CS(=O)(=O)Nc1cccc(C(=O)N2CCN(Cc3nc(-c4ccccc4)no3)CC2)c1. The van der Waals surface area contributed by atoms with Crippen molar-refractivity contribution in [2.24, 2.45) is 0 Å². The lowest BCUT2D eigenvalue weighted by Crippen LogP contribution is -2.48. The number of piperazine rings is 1. The Morgan fingerprint density at radius 2 is 1.81 bits per heavy atom. The molecule has 1 N–H and O–H groups in total. The zero-order valence-corrected chi connectivity index (χ0v) is 17.9. The number of nitrogens with zero attached hydrogens (tertiary/aromatic N) is 4. The Morgan fingerprint density at radius 1 is 1.06 bits per heavy atom. The number of sulfonamides is 1. The molecule has 0 spiro atoms. The summed E-state index contributed by atoms with van der Waals surface area (Å²) in [7, 11) is -3.40. The average molecular weight is 442 g/mol. The Bertz CT molecular complexity index is 1160. The number of amides is 1. The molecule has 0 atom stereocenters. The molecule has 2 heterocycles. The maximum atomic E-state index is 12.8. The molecule has 2 aromatic carbocycles. The number of aromatic nitrogens is 2. The minimum absolute atomic E-state index is 0.124. The predicted octanol–water partition coefficient (Wildman–Crippen LogP) is 2.07. The van der Waals surface area contributed by atoms with Crippen LogP contribution in [0.25, 0.3) is 11.4 Å². The van der Waals surface area contributed by atoms with Crippen LogP contribution in [0.15, 0.2) is 59.1 Å². The fourth-order valence-corrected chi connectivity index (χ4v) is 3.99. The van der Waals surface area contributed by atoms with E-state index in [2.05, 4.69) is 19.8 Å². The number of nitrogens with one attached hydrogen (secondary N) is 1. The van der Waals surface area contributed by atoms with Crippen LogP contribution in [0.2, 0.25) is 0 Å². The van der Waals surface area contributed by atoms with E-state index >= 15 is 0 Å². The van der Waals surface area contributed by atoms with Crippen LogP contribution < -0.4 is 4.72 Å². The molecule has 0 bridgehead atoms. The summed E-state index contributed by atoms with van der Waals surface area (Å²) >= 11 is 0. The predicted molar refractivity (Wildman–Crippen MR) is 116 cm³/mol. The van der Waals surface area contributed by atoms with Crippen molar-refractivity contribution >= 4 is 21.6 Å². The van der Waals surface area contributed by atoms with Crippen molar-refractivity contribution in [1.82, 2.24) is 19.9 Å². The van der Waals surface area contributed by atoms with Crippen LogP contribution >= 0.6 is 0 Å². The van der Waals surface area contributed by atoms with Gasteiger partial charge >= 0.3 is 0 Å². The Balaban J connectivity index is 1.33. The third-order valence-electron chi connectivity index (χ3n) is 4.93. The molecule has 0 saturated carbocycles. The molecule has 10 heteroatoms. The summed E-state index contributed by atoms with van der Waals surface area (Å²) in [5.74, 6) is 0.978. The molecule has 31 heavy (non-hydrogen) atoms. The summed E-state index contributed by atoms with van der Waals surface area (Å²) in [6.07, 6.45) is 1.08. The third-order valence-corrected chi connectivity index (χ3v) is 5.54. The van der Waals surface area contributed by atoms with Crippen molar-refractivity contribution in [3.63, 3.8) is 0 Å². The molecule has 1 saturated heterocycles. The number of hydrogen-bond acceptors (Lipinski definition) is 7. The van der Waals surface area contributed by atoms with E-state index < -0.39 is 10.0 Å². The molecule has 1 amide bonds. The Morgan fingerprint density at radius 3 is 2.52 bits per heavy atom. The zero-order chi connectivity index (χ0) is 21.8. The van der Waals surface area contributed by atoms with Crippen molar-refractivity contribution in [3.8, 4) is 11.4 Å². The third kappa shape index (κ3) is 5.47. The van der Waals surface area contributed by atoms with Crippen LogP contribution in [0.4, 0.5) is 5.69 Å². The molecule has 9 nitrogen and oxygen atoms in total. The molecular formula is C21H23N5O4S. The van der Waals surface area contributed by atoms with Crippen molar-refractivity contribution in [3.05, 3.63) is 66.1 Å². The number of carbonyl (C=O) groups excluding carboxylic acids is 1. The van der Waals surface area contributed by atoms with Crippen LogP contribution in [0.5, 0.6) is 0 Å². The first kappa shape index (κ1) is 21.0. The van der Waals surface area contributed by atoms with Gasteiger partial charge in [-0.1, -0.05) is 41.6 Å².